The summed E-state index contributed by atoms with van der Waals surface area (Å²) in [5, 5.41) is -0.0613. The number of allylic oxidation sites excluding steroid dienone is 2. The Balaban J connectivity index is 2.56. The van der Waals surface area contributed by atoms with Gasteiger partial charge in [0.1, 0.15) is 6.17 Å². The molecule has 0 saturated heterocycles. The SMILES string of the molecule is CC1=CCC(F)CC1Cl. The third kappa shape index (κ3) is 1.68. The van der Waals surface area contributed by atoms with Crippen LogP contribution in [0.4, 0.5) is 4.39 Å². The number of halogens is 2. The Morgan fingerprint density at radius 3 is 2.89 bits per heavy atom. The first kappa shape index (κ1) is 7.07. The van der Waals surface area contributed by atoms with E-state index in [1.54, 1.807) is 0 Å². The van der Waals surface area contributed by atoms with E-state index < -0.39 is 6.17 Å². The first-order valence-electron chi connectivity index (χ1n) is 3.15. The molecule has 52 valence electrons. The highest BCUT2D eigenvalue weighted by Gasteiger charge is 2.18. The van der Waals surface area contributed by atoms with E-state index in [1.807, 2.05) is 13.0 Å². The maximum Gasteiger partial charge on any atom is 0.105 e. The van der Waals surface area contributed by atoms with Crippen LogP contribution in [0.25, 0.3) is 0 Å². The van der Waals surface area contributed by atoms with Gasteiger partial charge in [0.25, 0.3) is 0 Å². The molecule has 2 heteroatoms. The lowest BCUT2D eigenvalue weighted by Gasteiger charge is -2.17. The van der Waals surface area contributed by atoms with Gasteiger partial charge in [-0.3, -0.25) is 0 Å². The molecule has 0 bridgehead atoms. The molecule has 2 atom stereocenters. The lowest BCUT2D eigenvalue weighted by Crippen LogP contribution is -2.14. The van der Waals surface area contributed by atoms with E-state index in [1.165, 1.54) is 0 Å². The average Bonchev–Trinajstić information content (AvgIpc) is 1.80. The van der Waals surface area contributed by atoms with Crippen LogP contribution in [0.2, 0.25) is 0 Å². The number of hydrogen-bond acceptors (Lipinski definition) is 0. The molecule has 1 aliphatic carbocycles. The summed E-state index contributed by atoms with van der Waals surface area (Å²) in [7, 11) is 0. The highest BCUT2D eigenvalue weighted by atomic mass is 35.5. The highest BCUT2D eigenvalue weighted by molar-refractivity contribution is 6.22. The minimum atomic E-state index is -0.712. The number of rotatable bonds is 0. The zero-order valence-electron chi connectivity index (χ0n) is 5.40. The Morgan fingerprint density at radius 2 is 2.44 bits per heavy atom. The Morgan fingerprint density at radius 1 is 1.78 bits per heavy atom. The quantitative estimate of drug-likeness (QED) is 0.366. The second-order valence-corrected chi connectivity index (χ2v) is 3.01. The van der Waals surface area contributed by atoms with Crippen LogP contribution in [0.3, 0.4) is 0 Å². The van der Waals surface area contributed by atoms with Crippen molar-refractivity contribution in [2.24, 2.45) is 0 Å². The smallest absolute Gasteiger partial charge is 0.105 e. The Labute approximate surface area is 59.7 Å². The summed E-state index contributed by atoms with van der Waals surface area (Å²) >= 11 is 5.75. The lowest BCUT2D eigenvalue weighted by atomic mass is 9.99. The first-order chi connectivity index (χ1) is 4.20. The molecule has 0 N–H and O–H groups in total. The number of alkyl halides is 2. The molecule has 1 rings (SSSR count). The fourth-order valence-corrected chi connectivity index (χ4v) is 1.23. The van der Waals surface area contributed by atoms with Gasteiger partial charge in [0.2, 0.25) is 0 Å². The molecular weight excluding hydrogens is 139 g/mol. The summed E-state index contributed by atoms with van der Waals surface area (Å²) in [6, 6.07) is 0. The van der Waals surface area contributed by atoms with Gasteiger partial charge in [-0.25, -0.2) is 4.39 Å². The topological polar surface area (TPSA) is 0 Å². The van der Waals surface area contributed by atoms with Crippen molar-refractivity contribution in [1.82, 2.24) is 0 Å². The van der Waals surface area contributed by atoms with Gasteiger partial charge in [0, 0.05) is 0 Å². The fourth-order valence-electron chi connectivity index (χ4n) is 0.948. The molecular formula is C7H10ClF. The highest BCUT2D eigenvalue weighted by Crippen LogP contribution is 2.24. The summed E-state index contributed by atoms with van der Waals surface area (Å²) in [6.45, 7) is 1.95. The van der Waals surface area contributed by atoms with Crippen LogP contribution in [-0.2, 0) is 0 Å². The molecule has 0 aromatic carbocycles. The van der Waals surface area contributed by atoms with Crippen LogP contribution >= 0.6 is 11.6 Å². The van der Waals surface area contributed by atoms with Crippen molar-refractivity contribution < 1.29 is 4.39 Å². The van der Waals surface area contributed by atoms with Gasteiger partial charge >= 0.3 is 0 Å². The molecule has 0 saturated carbocycles. The Bertz CT molecular complexity index is 131. The molecule has 0 fully saturated rings. The van der Waals surface area contributed by atoms with Crippen LogP contribution in [0.5, 0.6) is 0 Å². The molecule has 0 aliphatic heterocycles. The van der Waals surface area contributed by atoms with Crippen molar-refractivity contribution >= 4 is 11.6 Å². The average molecular weight is 149 g/mol. The molecule has 9 heavy (non-hydrogen) atoms. The molecule has 1 aliphatic rings. The van der Waals surface area contributed by atoms with E-state index in [0.717, 1.165) is 5.57 Å². The zero-order valence-corrected chi connectivity index (χ0v) is 6.16. The van der Waals surface area contributed by atoms with E-state index in [2.05, 4.69) is 0 Å². The maximum atomic E-state index is 12.5. The van der Waals surface area contributed by atoms with Crippen LogP contribution < -0.4 is 0 Å². The van der Waals surface area contributed by atoms with Gasteiger partial charge in [-0.05, 0) is 19.8 Å². The summed E-state index contributed by atoms with van der Waals surface area (Å²) in [5.74, 6) is 0. The van der Waals surface area contributed by atoms with Crippen LogP contribution in [0.1, 0.15) is 19.8 Å². The van der Waals surface area contributed by atoms with Crippen molar-refractivity contribution in [3.05, 3.63) is 11.6 Å². The van der Waals surface area contributed by atoms with Crippen molar-refractivity contribution in [2.45, 2.75) is 31.3 Å². The Hall–Kier alpha value is -0.0400. The summed E-state index contributed by atoms with van der Waals surface area (Å²) in [6.07, 6.45) is 2.21. The summed E-state index contributed by atoms with van der Waals surface area (Å²) in [4.78, 5) is 0. The monoisotopic (exact) mass is 148 g/mol. The summed E-state index contributed by atoms with van der Waals surface area (Å²) < 4.78 is 12.5. The molecule has 0 nitrogen and oxygen atoms in total. The molecule has 0 spiro atoms. The van der Waals surface area contributed by atoms with Crippen LogP contribution in [0, 0.1) is 0 Å². The van der Waals surface area contributed by atoms with E-state index in [-0.39, 0.29) is 5.38 Å². The third-order valence-corrected chi connectivity index (χ3v) is 2.17. The van der Waals surface area contributed by atoms with Crippen LogP contribution in [-0.4, -0.2) is 11.5 Å². The second-order valence-electron chi connectivity index (χ2n) is 2.48. The lowest BCUT2D eigenvalue weighted by molar-refractivity contribution is 0.309. The minimum Gasteiger partial charge on any atom is -0.247 e. The van der Waals surface area contributed by atoms with Gasteiger partial charge in [0.05, 0.1) is 5.38 Å². The maximum absolute atomic E-state index is 12.5. The van der Waals surface area contributed by atoms with E-state index in [9.17, 15) is 4.39 Å². The molecule has 0 amide bonds. The van der Waals surface area contributed by atoms with Gasteiger partial charge in [-0.15, -0.1) is 11.6 Å². The summed E-state index contributed by atoms with van der Waals surface area (Å²) in [5.41, 5.74) is 1.12. The predicted octanol–water partition coefficient (Wildman–Crippen LogP) is 2.67. The molecule has 0 aromatic rings. The molecule has 0 radical (unpaired) electrons. The van der Waals surface area contributed by atoms with Gasteiger partial charge in [-0.2, -0.15) is 0 Å². The van der Waals surface area contributed by atoms with Crippen molar-refractivity contribution in [3.63, 3.8) is 0 Å². The van der Waals surface area contributed by atoms with Crippen LogP contribution in [0.15, 0.2) is 11.6 Å². The normalized spacial score (nSPS) is 36.1. The van der Waals surface area contributed by atoms with Gasteiger partial charge < -0.3 is 0 Å². The predicted molar refractivity (Wildman–Crippen MR) is 37.5 cm³/mol. The second kappa shape index (κ2) is 2.70. The number of hydrogen-bond donors (Lipinski definition) is 0. The molecule has 0 aromatic heterocycles. The van der Waals surface area contributed by atoms with E-state index >= 15 is 0 Å². The first-order valence-corrected chi connectivity index (χ1v) is 3.58. The standard InChI is InChI=1S/C7H10ClF/c1-5-2-3-6(9)4-7(5)8/h2,6-7H,3-4H2,1H3. The largest absolute Gasteiger partial charge is 0.247 e. The Kier molecular flexibility index (Phi) is 2.12. The van der Waals surface area contributed by atoms with Crippen molar-refractivity contribution in [1.29, 1.82) is 0 Å². The minimum absolute atomic E-state index is 0.0613. The zero-order chi connectivity index (χ0) is 6.85. The van der Waals surface area contributed by atoms with E-state index in [4.69, 9.17) is 11.6 Å². The van der Waals surface area contributed by atoms with Crippen molar-refractivity contribution in [3.8, 4) is 0 Å². The fraction of sp³-hybridized carbons (Fsp3) is 0.714. The van der Waals surface area contributed by atoms with Crippen molar-refractivity contribution in [2.75, 3.05) is 0 Å². The van der Waals surface area contributed by atoms with Gasteiger partial charge in [0.15, 0.2) is 0 Å². The molecule has 2 unspecified atom stereocenters. The third-order valence-electron chi connectivity index (χ3n) is 1.65. The molecule has 0 heterocycles. The van der Waals surface area contributed by atoms with E-state index in [0.29, 0.717) is 12.8 Å². The van der Waals surface area contributed by atoms with Gasteiger partial charge in [-0.1, -0.05) is 11.6 Å².